The van der Waals surface area contributed by atoms with Gasteiger partial charge in [0.05, 0.1) is 12.0 Å². The molecule has 0 aliphatic heterocycles. The van der Waals surface area contributed by atoms with Gasteiger partial charge in [0.1, 0.15) is 5.75 Å². The fourth-order valence-corrected chi connectivity index (χ4v) is 2.86. The van der Waals surface area contributed by atoms with Crippen LogP contribution in [-0.4, -0.2) is 26.6 Å². The van der Waals surface area contributed by atoms with Crippen LogP contribution in [0, 0.1) is 0 Å². The molecule has 0 saturated heterocycles. The third-order valence-electron chi connectivity index (χ3n) is 2.95. The number of carboxylic acids is 1. The molecule has 0 heterocycles. The van der Waals surface area contributed by atoms with Crippen molar-refractivity contribution in [2.45, 2.75) is 4.90 Å². The number of benzene rings is 2. The summed E-state index contributed by atoms with van der Waals surface area (Å²) in [5.41, 5.74) is 1.01. The van der Waals surface area contributed by atoms with Gasteiger partial charge in [-0.1, -0.05) is 12.1 Å². The maximum absolute atomic E-state index is 12.3. The minimum absolute atomic E-state index is 0.0841. The topological polar surface area (TPSA) is 92.7 Å². The third kappa shape index (κ3) is 4.58. The number of ether oxygens (including phenoxy) is 1. The molecule has 23 heavy (non-hydrogen) atoms. The first-order valence-electron chi connectivity index (χ1n) is 6.59. The van der Waals surface area contributed by atoms with Crippen molar-refractivity contribution < 1.29 is 23.1 Å². The Hall–Kier alpha value is -2.80. The summed E-state index contributed by atoms with van der Waals surface area (Å²) in [4.78, 5) is 10.5. The van der Waals surface area contributed by atoms with Gasteiger partial charge >= 0.3 is 5.97 Å². The quantitative estimate of drug-likeness (QED) is 0.793. The van der Waals surface area contributed by atoms with E-state index >= 15 is 0 Å². The fourth-order valence-electron chi connectivity index (χ4n) is 1.80. The van der Waals surface area contributed by atoms with E-state index in [-0.39, 0.29) is 4.90 Å². The van der Waals surface area contributed by atoms with E-state index in [9.17, 15) is 13.2 Å². The lowest BCUT2D eigenvalue weighted by molar-refractivity contribution is -0.131. The Morgan fingerprint density at radius 1 is 1.09 bits per heavy atom. The first kappa shape index (κ1) is 16.6. The van der Waals surface area contributed by atoms with Crippen LogP contribution in [0.5, 0.6) is 5.75 Å². The Kier molecular flexibility index (Phi) is 5.02. The SMILES string of the molecule is COc1ccc(NS(=O)(=O)c2ccc(/C=C/C(=O)O)cc2)cc1. The van der Waals surface area contributed by atoms with Crippen LogP contribution in [0.1, 0.15) is 5.56 Å². The van der Waals surface area contributed by atoms with Crippen LogP contribution in [-0.2, 0) is 14.8 Å². The molecule has 2 N–H and O–H groups in total. The predicted molar refractivity (Wildman–Crippen MR) is 86.9 cm³/mol. The summed E-state index contributed by atoms with van der Waals surface area (Å²) >= 11 is 0. The molecule has 0 spiro atoms. The summed E-state index contributed by atoms with van der Waals surface area (Å²) in [6.45, 7) is 0. The second kappa shape index (κ2) is 6.97. The van der Waals surface area contributed by atoms with E-state index in [0.717, 1.165) is 6.08 Å². The van der Waals surface area contributed by atoms with E-state index in [2.05, 4.69) is 4.72 Å². The molecule has 0 aliphatic carbocycles. The number of rotatable bonds is 6. The number of aliphatic carboxylic acids is 1. The first-order valence-corrected chi connectivity index (χ1v) is 8.07. The molecule has 6 nitrogen and oxygen atoms in total. The zero-order chi connectivity index (χ0) is 16.9. The number of nitrogens with one attached hydrogen (secondary N) is 1. The number of hydrogen-bond donors (Lipinski definition) is 2. The Bertz CT molecular complexity index is 809. The first-order chi connectivity index (χ1) is 10.9. The van der Waals surface area contributed by atoms with Gasteiger partial charge in [-0.2, -0.15) is 0 Å². The van der Waals surface area contributed by atoms with Crippen molar-refractivity contribution in [3.8, 4) is 5.75 Å². The van der Waals surface area contributed by atoms with Crippen LogP contribution < -0.4 is 9.46 Å². The Balaban J connectivity index is 2.16. The van der Waals surface area contributed by atoms with Gasteiger partial charge < -0.3 is 9.84 Å². The predicted octanol–water partition coefficient (Wildman–Crippen LogP) is 2.59. The minimum atomic E-state index is -3.71. The van der Waals surface area contributed by atoms with Crippen molar-refractivity contribution in [3.05, 3.63) is 60.2 Å². The number of hydrogen-bond acceptors (Lipinski definition) is 4. The van der Waals surface area contributed by atoms with Gasteiger partial charge in [0.2, 0.25) is 0 Å². The highest BCUT2D eigenvalue weighted by molar-refractivity contribution is 7.92. The van der Waals surface area contributed by atoms with Gasteiger partial charge in [0.25, 0.3) is 10.0 Å². The van der Waals surface area contributed by atoms with Gasteiger partial charge in [0, 0.05) is 11.8 Å². The van der Waals surface area contributed by atoms with Gasteiger partial charge in [0.15, 0.2) is 0 Å². The van der Waals surface area contributed by atoms with Gasteiger partial charge in [-0.05, 0) is 48.0 Å². The number of anilines is 1. The molecule has 0 bridgehead atoms. The number of carbonyl (C=O) groups is 1. The second-order valence-corrected chi connectivity index (χ2v) is 6.26. The number of sulfonamides is 1. The third-order valence-corrected chi connectivity index (χ3v) is 4.35. The molecule has 7 heteroatoms. The second-order valence-electron chi connectivity index (χ2n) is 4.57. The van der Waals surface area contributed by atoms with E-state index in [1.165, 1.54) is 37.5 Å². The molecule has 0 amide bonds. The van der Waals surface area contributed by atoms with E-state index in [0.29, 0.717) is 17.0 Å². The smallest absolute Gasteiger partial charge is 0.328 e. The van der Waals surface area contributed by atoms with Crippen molar-refractivity contribution >= 4 is 27.8 Å². The molecule has 0 atom stereocenters. The Morgan fingerprint density at radius 2 is 1.70 bits per heavy atom. The average molecular weight is 333 g/mol. The molecule has 2 aromatic carbocycles. The Labute approximate surface area is 134 Å². The highest BCUT2D eigenvalue weighted by Crippen LogP contribution is 2.19. The summed E-state index contributed by atoms with van der Waals surface area (Å²) in [6, 6.07) is 12.4. The highest BCUT2D eigenvalue weighted by atomic mass is 32.2. The zero-order valence-electron chi connectivity index (χ0n) is 12.3. The normalized spacial score (nSPS) is 11.3. The lowest BCUT2D eigenvalue weighted by Gasteiger charge is -2.09. The monoisotopic (exact) mass is 333 g/mol. The van der Waals surface area contributed by atoms with Crippen molar-refractivity contribution in [1.82, 2.24) is 0 Å². The van der Waals surface area contributed by atoms with Crippen LogP contribution in [0.2, 0.25) is 0 Å². The molecule has 0 fully saturated rings. The van der Waals surface area contributed by atoms with Crippen LogP contribution >= 0.6 is 0 Å². The maximum Gasteiger partial charge on any atom is 0.328 e. The van der Waals surface area contributed by atoms with Crippen molar-refractivity contribution in [2.75, 3.05) is 11.8 Å². The standard InChI is InChI=1S/C16H15NO5S/c1-22-14-7-5-13(6-8-14)17-23(20,21)15-9-2-12(3-10-15)4-11-16(18)19/h2-11,17H,1H3,(H,18,19)/b11-4+. The molecule has 0 radical (unpaired) electrons. The number of methoxy groups -OCH3 is 1. The van der Waals surface area contributed by atoms with Crippen LogP contribution in [0.15, 0.2) is 59.5 Å². The van der Waals surface area contributed by atoms with Gasteiger partial charge in [-0.25, -0.2) is 13.2 Å². The van der Waals surface area contributed by atoms with Crippen LogP contribution in [0.4, 0.5) is 5.69 Å². The van der Waals surface area contributed by atoms with E-state index in [1.54, 1.807) is 24.3 Å². The summed E-state index contributed by atoms with van der Waals surface area (Å²) in [5, 5.41) is 8.56. The molecule has 0 unspecified atom stereocenters. The van der Waals surface area contributed by atoms with Crippen molar-refractivity contribution in [1.29, 1.82) is 0 Å². The molecule has 0 saturated carbocycles. The minimum Gasteiger partial charge on any atom is -0.497 e. The Morgan fingerprint density at radius 3 is 2.22 bits per heavy atom. The maximum atomic E-state index is 12.3. The van der Waals surface area contributed by atoms with Crippen LogP contribution in [0.3, 0.4) is 0 Å². The van der Waals surface area contributed by atoms with Crippen molar-refractivity contribution in [2.24, 2.45) is 0 Å². The lowest BCUT2D eigenvalue weighted by Crippen LogP contribution is -2.12. The van der Waals surface area contributed by atoms with Gasteiger partial charge in [-0.3, -0.25) is 4.72 Å². The summed E-state index contributed by atoms with van der Waals surface area (Å²) in [7, 11) is -2.18. The molecule has 0 aromatic heterocycles. The molecule has 2 rings (SSSR count). The molecule has 0 aliphatic rings. The molecular formula is C16H15NO5S. The van der Waals surface area contributed by atoms with Crippen LogP contribution in [0.25, 0.3) is 6.08 Å². The van der Waals surface area contributed by atoms with E-state index in [4.69, 9.17) is 9.84 Å². The van der Waals surface area contributed by atoms with E-state index < -0.39 is 16.0 Å². The average Bonchev–Trinajstić information content (AvgIpc) is 2.53. The summed E-state index contributed by atoms with van der Waals surface area (Å²) in [6.07, 6.45) is 2.37. The summed E-state index contributed by atoms with van der Waals surface area (Å²) < 4.78 is 32.0. The zero-order valence-corrected chi connectivity index (χ0v) is 13.1. The molecule has 120 valence electrons. The van der Waals surface area contributed by atoms with E-state index in [1.807, 2.05) is 0 Å². The molecular weight excluding hydrogens is 318 g/mol. The molecule has 2 aromatic rings. The summed E-state index contributed by atoms with van der Waals surface area (Å²) in [5.74, 6) is -0.439. The van der Waals surface area contributed by atoms with Crippen molar-refractivity contribution in [3.63, 3.8) is 0 Å². The lowest BCUT2D eigenvalue weighted by atomic mass is 10.2. The highest BCUT2D eigenvalue weighted by Gasteiger charge is 2.13. The van der Waals surface area contributed by atoms with Gasteiger partial charge in [-0.15, -0.1) is 0 Å². The fraction of sp³-hybridized carbons (Fsp3) is 0.0625. The number of carboxylic acid groups (broad SMARTS) is 1. The largest absolute Gasteiger partial charge is 0.497 e.